The lowest BCUT2D eigenvalue weighted by Gasteiger charge is -2.17. The van der Waals surface area contributed by atoms with Crippen LogP contribution in [-0.4, -0.2) is 41.8 Å². The average molecular weight is 236 g/mol. The van der Waals surface area contributed by atoms with Crippen molar-refractivity contribution < 1.29 is 9.59 Å². The van der Waals surface area contributed by atoms with Crippen molar-refractivity contribution in [2.45, 2.75) is 6.54 Å². The zero-order chi connectivity index (χ0) is 12.7. The molecule has 2 amide bonds. The number of carbonyl (C=O) groups is 2. The number of nitrogens with zero attached hydrogens (tertiary/aromatic N) is 2. The Morgan fingerprint density at radius 1 is 1.41 bits per heavy atom. The van der Waals surface area contributed by atoms with Gasteiger partial charge in [-0.3, -0.25) is 14.6 Å². The van der Waals surface area contributed by atoms with Crippen molar-refractivity contribution in [1.82, 2.24) is 15.2 Å². The smallest absolute Gasteiger partial charge is 0.242 e. The van der Waals surface area contributed by atoms with Crippen molar-refractivity contribution in [3.05, 3.63) is 30.1 Å². The van der Waals surface area contributed by atoms with Crippen molar-refractivity contribution in [1.29, 1.82) is 0 Å². The summed E-state index contributed by atoms with van der Waals surface area (Å²) < 4.78 is 0. The molecule has 0 aliphatic carbocycles. The van der Waals surface area contributed by atoms with Crippen molar-refractivity contribution in [3.63, 3.8) is 0 Å². The number of hydrogen-bond acceptors (Lipinski definition) is 4. The number of carbonyl (C=O) groups excluding carboxylic acids is 2. The molecule has 92 valence electrons. The Balaban J connectivity index is 2.40. The highest BCUT2D eigenvalue weighted by Crippen LogP contribution is 2.00. The maximum Gasteiger partial charge on any atom is 0.242 e. The molecule has 0 saturated carbocycles. The largest absolute Gasteiger partial charge is 0.346 e. The van der Waals surface area contributed by atoms with Crippen LogP contribution in [0.25, 0.3) is 0 Å². The molecule has 6 heteroatoms. The van der Waals surface area contributed by atoms with Gasteiger partial charge in [0.25, 0.3) is 0 Å². The Morgan fingerprint density at radius 3 is 2.65 bits per heavy atom. The average Bonchev–Trinajstić information content (AvgIpc) is 2.36. The Bertz CT molecular complexity index is 380. The maximum atomic E-state index is 11.6. The van der Waals surface area contributed by atoms with Crippen LogP contribution in [0.2, 0.25) is 0 Å². The Morgan fingerprint density at radius 2 is 2.06 bits per heavy atom. The van der Waals surface area contributed by atoms with Gasteiger partial charge in [0.2, 0.25) is 11.8 Å². The first-order valence-electron chi connectivity index (χ1n) is 5.23. The van der Waals surface area contributed by atoms with Gasteiger partial charge in [-0.15, -0.1) is 0 Å². The van der Waals surface area contributed by atoms with E-state index in [4.69, 9.17) is 5.73 Å². The molecule has 0 spiro atoms. The molecule has 0 atom stereocenters. The van der Waals surface area contributed by atoms with E-state index >= 15 is 0 Å². The van der Waals surface area contributed by atoms with E-state index in [9.17, 15) is 9.59 Å². The van der Waals surface area contributed by atoms with Crippen LogP contribution in [-0.2, 0) is 16.1 Å². The molecule has 0 aliphatic heterocycles. The molecule has 1 heterocycles. The lowest BCUT2D eigenvalue weighted by Crippen LogP contribution is -2.40. The molecule has 1 rings (SSSR count). The molecule has 1 aromatic heterocycles. The highest BCUT2D eigenvalue weighted by Gasteiger charge is 2.09. The number of rotatable bonds is 5. The van der Waals surface area contributed by atoms with Crippen LogP contribution in [0.5, 0.6) is 0 Å². The molecule has 17 heavy (non-hydrogen) atoms. The summed E-state index contributed by atoms with van der Waals surface area (Å²) in [5.41, 5.74) is 6.10. The van der Waals surface area contributed by atoms with Crippen LogP contribution < -0.4 is 11.1 Å². The molecule has 1 aromatic rings. The van der Waals surface area contributed by atoms with Crippen LogP contribution in [0.15, 0.2) is 24.5 Å². The topological polar surface area (TPSA) is 88.3 Å². The molecule has 0 aromatic carbocycles. The van der Waals surface area contributed by atoms with E-state index in [1.54, 1.807) is 19.4 Å². The van der Waals surface area contributed by atoms with E-state index in [0.717, 1.165) is 5.56 Å². The second-order valence-corrected chi connectivity index (χ2v) is 3.59. The van der Waals surface area contributed by atoms with Gasteiger partial charge in [0.05, 0.1) is 13.1 Å². The van der Waals surface area contributed by atoms with Crippen molar-refractivity contribution in [2.24, 2.45) is 5.73 Å². The second-order valence-electron chi connectivity index (χ2n) is 3.59. The SMILES string of the molecule is CN(Cc1ccncc1)C(=O)CNC(=O)CN. The zero-order valence-corrected chi connectivity index (χ0v) is 9.72. The third-order valence-corrected chi connectivity index (χ3v) is 2.22. The zero-order valence-electron chi connectivity index (χ0n) is 9.72. The van der Waals surface area contributed by atoms with Crippen molar-refractivity contribution in [3.8, 4) is 0 Å². The van der Waals surface area contributed by atoms with Crippen LogP contribution >= 0.6 is 0 Å². The van der Waals surface area contributed by atoms with E-state index in [1.165, 1.54) is 4.90 Å². The monoisotopic (exact) mass is 236 g/mol. The first kappa shape index (κ1) is 13.1. The normalized spacial score (nSPS) is 9.76. The molecule has 0 radical (unpaired) electrons. The summed E-state index contributed by atoms with van der Waals surface area (Å²) >= 11 is 0. The van der Waals surface area contributed by atoms with Crippen LogP contribution in [0, 0.1) is 0 Å². The van der Waals surface area contributed by atoms with E-state index in [2.05, 4.69) is 10.3 Å². The van der Waals surface area contributed by atoms with E-state index in [0.29, 0.717) is 6.54 Å². The first-order valence-corrected chi connectivity index (χ1v) is 5.23. The van der Waals surface area contributed by atoms with Gasteiger partial charge in [0.1, 0.15) is 0 Å². The Kier molecular flexibility index (Phi) is 5.09. The molecule has 6 nitrogen and oxygen atoms in total. The summed E-state index contributed by atoms with van der Waals surface area (Å²) in [6.07, 6.45) is 3.34. The Hall–Kier alpha value is -1.95. The summed E-state index contributed by atoms with van der Waals surface area (Å²) in [5.74, 6) is -0.501. The fraction of sp³-hybridized carbons (Fsp3) is 0.364. The van der Waals surface area contributed by atoms with Crippen molar-refractivity contribution in [2.75, 3.05) is 20.1 Å². The number of likely N-dealkylation sites (N-methyl/N-ethyl adjacent to an activating group) is 1. The van der Waals surface area contributed by atoms with E-state index in [-0.39, 0.29) is 24.9 Å². The van der Waals surface area contributed by atoms with E-state index < -0.39 is 0 Å². The quantitative estimate of drug-likeness (QED) is 0.694. The number of nitrogens with one attached hydrogen (secondary N) is 1. The molecule has 0 aliphatic rings. The van der Waals surface area contributed by atoms with Gasteiger partial charge in [-0.25, -0.2) is 0 Å². The van der Waals surface area contributed by atoms with Gasteiger partial charge in [-0.2, -0.15) is 0 Å². The molecular weight excluding hydrogens is 220 g/mol. The van der Waals surface area contributed by atoms with Crippen molar-refractivity contribution >= 4 is 11.8 Å². The third kappa shape index (κ3) is 4.60. The van der Waals surface area contributed by atoms with Gasteiger partial charge in [-0.1, -0.05) is 0 Å². The molecule has 0 fully saturated rings. The highest BCUT2D eigenvalue weighted by atomic mass is 16.2. The number of amides is 2. The summed E-state index contributed by atoms with van der Waals surface area (Å²) in [6.45, 7) is 0.346. The molecule has 0 bridgehead atoms. The standard InChI is InChI=1S/C11H16N4O2/c1-15(8-9-2-4-13-5-3-9)11(17)7-14-10(16)6-12/h2-5H,6-8,12H2,1H3,(H,14,16). The number of pyridine rings is 1. The van der Waals surface area contributed by atoms with Gasteiger partial charge >= 0.3 is 0 Å². The van der Waals surface area contributed by atoms with Crippen LogP contribution in [0.3, 0.4) is 0 Å². The maximum absolute atomic E-state index is 11.6. The number of nitrogens with two attached hydrogens (primary N) is 1. The predicted molar refractivity (Wildman–Crippen MR) is 62.8 cm³/mol. The fourth-order valence-corrected chi connectivity index (χ4v) is 1.23. The predicted octanol–water partition coefficient (Wildman–Crippen LogP) is -0.885. The molecular formula is C11H16N4O2. The fourth-order valence-electron chi connectivity index (χ4n) is 1.23. The number of aromatic nitrogens is 1. The summed E-state index contributed by atoms with van der Waals surface area (Å²) in [6, 6.07) is 3.67. The summed E-state index contributed by atoms with van der Waals surface area (Å²) in [4.78, 5) is 27.9. The lowest BCUT2D eigenvalue weighted by atomic mass is 10.2. The highest BCUT2D eigenvalue weighted by molar-refractivity contribution is 5.85. The second kappa shape index (κ2) is 6.59. The Labute approximate surface area is 99.8 Å². The molecule has 0 unspecified atom stereocenters. The number of hydrogen-bond donors (Lipinski definition) is 2. The van der Waals surface area contributed by atoms with Crippen LogP contribution in [0.1, 0.15) is 5.56 Å². The van der Waals surface area contributed by atoms with Gasteiger partial charge < -0.3 is 16.0 Å². The van der Waals surface area contributed by atoms with Gasteiger partial charge in [0.15, 0.2) is 0 Å². The molecule has 0 saturated heterocycles. The minimum absolute atomic E-state index is 0.0301. The minimum atomic E-state index is -0.337. The lowest BCUT2D eigenvalue weighted by molar-refractivity contribution is -0.131. The first-order chi connectivity index (χ1) is 8.13. The summed E-state index contributed by atoms with van der Waals surface area (Å²) in [7, 11) is 1.68. The summed E-state index contributed by atoms with van der Waals surface area (Å²) in [5, 5.41) is 2.43. The third-order valence-electron chi connectivity index (χ3n) is 2.22. The molecule has 3 N–H and O–H groups in total. The van der Waals surface area contributed by atoms with Crippen LogP contribution in [0.4, 0.5) is 0 Å². The van der Waals surface area contributed by atoms with E-state index in [1.807, 2.05) is 12.1 Å². The van der Waals surface area contributed by atoms with Gasteiger partial charge in [-0.05, 0) is 17.7 Å². The minimum Gasteiger partial charge on any atom is -0.346 e. The van der Waals surface area contributed by atoms with Gasteiger partial charge in [0, 0.05) is 26.0 Å².